The molecule has 96 valence electrons. The average Bonchev–Trinajstić information content (AvgIpc) is 2.21. The zero-order valence-electron chi connectivity index (χ0n) is 10.8. The van der Waals surface area contributed by atoms with Gasteiger partial charge in [0.1, 0.15) is 5.78 Å². The molecule has 0 N–H and O–H groups in total. The Balaban J connectivity index is 2.59. The van der Waals surface area contributed by atoms with Gasteiger partial charge in [0.2, 0.25) is 0 Å². The van der Waals surface area contributed by atoms with Crippen LogP contribution in [0.15, 0.2) is 18.2 Å². The molecule has 0 atom stereocenters. The van der Waals surface area contributed by atoms with E-state index >= 15 is 0 Å². The number of Topliss-reactive ketones (excluding diaryl/α,β-unsaturated/α-hetero) is 1. The third-order valence-electron chi connectivity index (χ3n) is 2.13. The molecule has 0 saturated carbocycles. The lowest BCUT2D eigenvalue weighted by Crippen LogP contribution is -2.04. The zero-order chi connectivity index (χ0) is 13.8. The highest BCUT2D eigenvalue weighted by molar-refractivity contribution is 5.83. The lowest BCUT2D eigenvalue weighted by atomic mass is 9.97. The predicted molar refractivity (Wildman–Crippen MR) is 66.9 cm³/mol. The molecule has 0 unspecified atom stereocenters. The molecule has 1 aromatic carbocycles. The monoisotopic (exact) mass is 250 g/mol. The first kappa shape index (κ1) is 14.4. The molecule has 0 heterocycles. The van der Waals surface area contributed by atoms with Crippen molar-refractivity contribution in [2.75, 3.05) is 0 Å². The highest BCUT2D eigenvalue weighted by atomic mass is 19.2. The van der Waals surface area contributed by atoms with Crippen LogP contribution in [0.1, 0.15) is 32.8 Å². The molecule has 0 aliphatic heterocycles. The van der Waals surface area contributed by atoms with Crippen molar-refractivity contribution in [2.24, 2.45) is 5.41 Å². The Hall–Kier alpha value is -1.69. The second-order valence-corrected chi connectivity index (χ2v) is 5.19. The number of carbonyl (C=O) groups excluding carboxylic acids is 1. The van der Waals surface area contributed by atoms with Crippen molar-refractivity contribution in [1.82, 2.24) is 0 Å². The minimum absolute atomic E-state index is 0.0794. The van der Waals surface area contributed by atoms with Crippen LogP contribution in [0.3, 0.4) is 0 Å². The van der Waals surface area contributed by atoms with Crippen molar-refractivity contribution >= 4 is 5.78 Å². The zero-order valence-corrected chi connectivity index (χ0v) is 10.8. The molecular formula is C15H16F2O. The molecule has 0 aromatic heterocycles. The number of ketones is 1. The van der Waals surface area contributed by atoms with Crippen LogP contribution in [0.25, 0.3) is 0 Å². The minimum atomic E-state index is -0.930. The van der Waals surface area contributed by atoms with Gasteiger partial charge in [-0.05, 0) is 38.5 Å². The quantitative estimate of drug-likeness (QED) is 0.750. The summed E-state index contributed by atoms with van der Waals surface area (Å²) in [6, 6.07) is 3.48. The van der Waals surface area contributed by atoms with Gasteiger partial charge in [0.25, 0.3) is 0 Å². The van der Waals surface area contributed by atoms with Gasteiger partial charge in [0.15, 0.2) is 11.6 Å². The number of rotatable bonds is 3. The van der Waals surface area contributed by atoms with Crippen molar-refractivity contribution in [1.29, 1.82) is 0 Å². The largest absolute Gasteiger partial charge is 0.298 e. The molecule has 0 radical (unpaired) electrons. The van der Waals surface area contributed by atoms with E-state index in [0.29, 0.717) is 5.56 Å². The number of carbonyl (C=O) groups is 1. The second-order valence-electron chi connectivity index (χ2n) is 5.19. The SMILES string of the molecule is CC(C)(C)C#CCC(=O)Cc1ccc(F)c(F)c1. The van der Waals surface area contributed by atoms with Gasteiger partial charge in [0.05, 0.1) is 6.42 Å². The topological polar surface area (TPSA) is 17.1 Å². The van der Waals surface area contributed by atoms with Crippen molar-refractivity contribution in [3.05, 3.63) is 35.4 Å². The molecule has 0 spiro atoms. The molecule has 0 amide bonds. The van der Waals surface area contributed by atoms with E-state index < -0.39 is 11.6 Å². The summed E-state index contributed by atoms with van der Waals surface area (Å²) in [4.78, 5) is 11.6. The van der Waals surface area contributed by atoms with Gasteiger partial charge in [0, 0.05) is 11.8 Å². The Morgan fingerprint density at radius 2 is 1.89 bits per heavy atom. The van der Waals surface area contributed by atoms with Crippen molar-refractivity contribution in [3.63, 3.8) is 0 Å². The van der Waals surface area contributed by atoms with Crippen molar-refractivity contribution in [2.45, 2.75) is 33.6 Å². The highest BCUT2D eigenvalue weighted by Gasteiger charge is 2.07. The van der Waals surface area contributed by atoms with E-state index in [-0.39, 0.29) is 24.0 Å². The summed E-state index contributed by atoms with van der Waals surface area (Å²) in [5.74, 6) is 3.83. The van der Waals surface area contributed by atoms with Crippen LogP contribution < -0.4 is 0 Å². The standard InChI is InChI=1S/C15H16F2O/c1-15(2,3)8-4-5-12(18)9-11-6-7-13(16)14(17)10-11/h6-7,10H,5,9H2,1-3H3. The van der Waals surface area contributed by atoms with Crippen molar-refractivity contribution in [3.8, 4) is 11.8 Å². The summed E-state index contributed by atoms with van der Waals surface area (Å²) in [7, 11) is 0. The molecule has 0 fully saturated rings. The summed E-state index contributed by atoms with van der Waals surface area (Å²) < 4.78 is 25.6. The maximum Gasteiger partial charge on any atom is 0.159 e. The van der Waals surface area contributed by atoms with Gasteiger partial charge < -0.3 is 0 Å². The van der Waals surface area contributed by atoms with E-state index in [2.05, 4.69) is 11.8 Å². The summed E-state index contributed by atoms with van der Waals surface area (Å²) in [5, 5.41) is 0. The lowest BCUT2D eigenvalue weighted by Gasteiger charge is -2.06. The van der Waals surface area contributed by atoms with Crippen LogP contribution in [0.4, 0.5) is 8.78 Å². The first-order valence-electron chi connectivity index (χ1n) is 5.73. The summed E-state index contributed by atoms with van der Waals surface area (Å²) in [5.41, 5.74) is 0.332. The molecule has 0 aliphatic carbocycles. The molecule has 1 nitrogen and oxygen atoms in total. The normalized spacial score (nSPS) is 10.7. The molecule has 0 aliphatic rings. The molecule has 1 aromatic rings. The van der Waals surface area contributed by atoms with Crippen molar-refractivity contribution < 1.29 is 13.6 Å². The number of benzene rings is 1. The number of hydrogen-bond acceptors (Lipinski definition) is 1. The van der Waals surface area contributed by atoms with Gasteiger partial charge in [-0.2, -0.15) is 0 Å². The maximum atomic E-state index is 12.9. The van der Waals surface area contributed by atoms with Crippen LogP contribution in [0.2, 0.25) is 0 Å². The van der Waals surface area contributed by atoms with E-state index in [1.165, 1.54) is 6.07 Å². The Bertz CT molecular complexity index is 501. The Labute approximate surface area is 106 Å². The molecule has 18 heavy (non-hydrogen) atoms. The van der Waals surface area contributed by atoms with Gasteiger partial charge in [-0.25, -0.2) is 8.78 Å². The molecule has 0 saturated heterocycles. The van der Waals surface area contributed by atoms with E-state index in [9.17, 15) is 13.6 Å². The molecule has 3 heteroatoms. The van der Waals surface area contributed by atoms with E-state index in [1.807, 2.05) is 20.8 Å². The predicted octanol–water partition coefficient (Wildman–Crippen LogP) is 3.52. The van der Waals surface area contributed by atoms with Crippen LogP contribution in [-0.2, 0) is 11.2 Å². The first-order valence-corrected chi connectivity index (χ1v) is 5.73. The summed E-state index contributed by atoms with van der Waals surface area (Å²) in [6.45, 7) is 5.87. The first-order chi connectivity index (χ1) is 8.28. The fourth-order valence-electron chi connectivity index (χ4n) is 1.35. The third kappa shape index (κ3) is 5.09. The third-order valence-corrected chi connectivity index (χ3v) is 2.13. The average molecular weight is 250 g/mol. The lowest BCUT2D eigenvalue weighted by molar-refractivity contribution is -0.117. The number of halogens is 2. The van der Waals surface area contributed by atoms with E-state index in [0.717, 1.165) is 12.1 Å². The Morgan fingerprint density at radius 3 is 2.44 bits per heavy atom. The molecule has 0 bridgehead atoms. The minimum Gasteiger partial charge on any atom is -0.298 e. The van der Waals surface area contributed by atoms with Gasteiger partial charge in [-0.3, -0.25) is 4.79 Å². The Kier molecular flexibility index (Phi) is 4.61. The van der Waals surface area contributed by atoms with E-state index in [1.54, 1.807) is 0 Å². The summed E-state index contributed by atoms with van der Waals surface area (Å²) >= 11 is 0. The fraction of sp³-hybridized carbons (Fsp3) is 0.400. The smallest absolute Gasteiger partial charge is 0.159 e. The highest BCUT2D eigenvalue weighted by Crippen LogP contribution is 2.11. The van der Waals surface area contributed by atoms with Gasteiger partial charge >= 0.3 is 0 Å². The van der Waals surface area contributed by atoms with Gasteiger partial charge in [-0.15, -0.1) is 0 Å². The Morgan fingerprint density at radius 1 is 1.22 bits per heavy atom. The molecular weight excluding hydrogens is 234 g/mol. The summed E-state index contributed by atoms with van der Waals surface area (Å²) in [6.07, 6.45) is 0.215. The van der Waals surface area contributed by atoms with Gasteiger partial charge in [-0.1, -0.05) is 17.9 Å². The maximum absolute atomic E-state index is 12.9. The number of hydrogen-bond donors (Lipinski definition) is 0. The van der Waals surface area contributed by atoms with Crippen LogP contribution >= 0.6 is 0 Å². The van der Waals surface area contributed by atoms with Crippen LogP contribution in [0.5, 0.6) is 0 Å². The van der Waals surface area contributed by atoms with Crippen LogP contribution in [0, 0.1) is 28.9 Å². The fourth-order valence-corrected chi connectivity index (χ4v) is 1.35. The molecule has 1 rings (SSSR count). The van der Waals surface area contributed by atoms with Crippen LogP contribution in [-0.4, -0.2) is 5.78 Å². The second kappa shape index (κ2) is 5.77. The van der Waals surface area contributed by atoms with E-state index in [4.69, 9.17) is 0 Å².